The summed E-state index contributed by atoms with van der Waals surface area (Å²) < 4.78 is 39.3. The summed E-state index contributed by atoms with van der Waals surface area (Å²) in [6.45, 7) is 3.88. The number of alkyl halides is 3. The van der Waals surface area contributed by atoms with Gasteiger partial charge in [0.25, 0.3) is 0 Å². The van der Waals surface area contributed by atoms with E-state index in [0.29, 0.717) is 10.6 Å². The first-order valence-electron chi connectivity index (χ1n) is 7.89. The number of nitrogens with two attached hydrogens (primary N) is 1. The quantitative estimate of drug-likeness (QED) is 0.420. The number of thioether (sulfide) groups is 1. The van der Waals surface area contributed by atoms with Crippen molar-refractivity contribution in [1.82, 2.24) is 9.97 Å². The molecule has 2 heterocycles. The van der Waals surface area contributed by atoms with Crippen LogP contribution >= 0.6 is 34.7 Å². The normalized spacial score (nSPS) is 11.8. The highest BCUT2D eigenvalue weighted by atomic mass is 35.5. The Bertz CT molecular complexity index is 1070. The van der Waals surface area contributed by atoms with Crippen LogP contribution in [0.4, 0.5) is 24.7 Å². The summed E-state index contributed by atoms with van der Waals surface area (Å²) in [5.41, 5.74) is 5.63. The number of hydrogen-bond donors (Lipinski definition) is 2. The van der Waals surface area contributed by atoms with Crippen molar-refractivity contribution in [2.45, 2.75) is 25.2 Å². The van der Waals surface area contributed by atoms with Crippen LogP contribution in [0.15, 0.2) is 23.4 Å². The lowest BCUT2D eigenvalue weighted by Gasteiger charge is -2.14. The van der Waals surface area contributed by atoms with Gasteiger partial charge in [-0.1, -0.05) is 23.4 Å². The van der Waals surface area contributed by atoms with E-state index in [-0.39, 0.29) is 21.6 Å². The molecule has 1 amide bonds. The van der Waals surface area contributed by atoms with Crippen molar-refractivity contribution in [3.05, 3.63) is 39.2 Å². The summed E-state index contributed by atoms with van der Waals surface area (Å²) in [6.07, 6.45) is -4.64. The van der Waals surface area contributed by atoms with Crippen LogP contribution in [0, 0.1) is 13.8 Å². The number of halogens is 4. The molecule has 3 aromatic rings. The molecule has 0 saturated heterocycles. The first-order valence-corrected chi connectivity index (χ1v) is 10.1. The summed E-state index contributed by atoms with van der Waals surface area (Å²) in [5, 5.41) is 3.26. The lowest BCUT2D eigenvalue weighted by Crippen LogP contribution is -2.18. The monoisotopic (exact) mass is 446 g/mol. The zero-order valence-corrected chi connectivity index (χ0v) is 17.0. The summed E-state index contributed by atoms with van der Waals surface area (Å²) in [4.78, 5) is 22.5. The summed E-state index contributed by atoms with van der Waals surface area (Å²) in [6, 6.07) is 3.16. The van der Waals surface area contributed by atoms with Gasteiger partial charge in [0.15, 0.2) is 5.16 Å². The number of thiophene rings is 1. The average Bonchev–Trinajstić information content (AvgIpc) is 2.88. The second kappa shape index (κ2) is 7.76. The van der Waals surface area contributed by atoms with E-state index >= 15 is 0 Å². The molecular formula is C17H14ClF3N4OS2. The molecule has 3 rings (SSSR count). The maximum absolute atomic E-state index is 13.1. The van der Waals surface area contributed by atoms with E-state index in [4.69, 9.17) is 17.3 Å². The number of amides is 1. The maximum Gasteiger partial charge on any atom is 0.418 e. The molecule has 0 saturated carbocycles. The molecule has 1 aromatic carbocycles. The topological polar surface area (TPSA) is 80.9 Å². The zero-order chi connectivity index (χ0) is 20.6. The summed E-state index contributed by atoms with van der Waals surface area (Å²) in [5.74, 6) is -0.487. The Morgan fingerprint density at radius 1 is 1.32 bits per heavy atom. The number of anilines is 2. The fourth-order valence-electron chi connectivity index (χ4n) is 2.50. The number of fused-ring (bicyclic) bond motifs is 1. The Labute approximate surface area is 171 Å². The third kappa shape index (κ3) is 4.34. The number of carbonyl (C=O) groups excluding carboxylic acids is 1. The van der Waals surface area contributed by atoms with E-state index in [1.54, 1.807) is 0 Å². The molecule has 0 aliphatic carbocycles. The molecule has 0 aliphatic heterocycles. The van der Waals surface area contributed by atoms with Gasteiger partial charge in [0, 0.05) is 9.90 Å². The van der Waals surface area contributed by atoms with E-state index in [1.165, 1.54) is 17.4 Å². The Balaban J connectivity index is 1.74. The van der Waals surface area contributed by atoms with Gasteiger partial charge in [-0.25, -0.2) is 9.97 Å². The molecule has 0 bridgehead atoms. The number of carbonyl (C=O) groups is 1. The van der Waals surface area contributed by atoms with E-state index in [0.717, 1.165) is 39.7 Å². The van der Waals surface area contributed by atoms with Crippen LogP contribution in [-0.2, 0) is 11.0 Å². The largest absolute Gasteiger partial charge is 0.418 e. The minimum absolute atomic E-state index is 0.0709. The minimum atomic E-state index is -4.64. The highest BCUT2D eigenvalue weighted by Gasteiger charge is 2.34. The van der Waals surface area contributed by atoms with Crippen LogP contribution in [0.5, 0.6) is 0 Å². The van der Waals surface area contributed by atoms with Gasteiger partial charge < -0.3 is 11.1 Å². The van der Waals surface area contributed by atoms with Crippen LogP contribution in [0.2, 0.25) is 5.02 Å². The van der Waals surface area contributed by atoms with Crippen LogP contribution in [0.1, 0.15) is 16.0 Å². The van der Waals surface area contributed by atoms with Crippen molar-refractivity contribution in [3.63, 3.8) is 0 Å². The van der Waals surface area contributed by atoms with Crippen molar-refractivity contribution >= 4 is 62.3 Å². The number of aromatic nitrogens is 2. The summed E-state index contributed by atoms with van der Waals surface area (Å²) >= 11 is 8.09. The fraction of sp³-hybridized carbons (Fsp3) is 0.235. The van der Waals surface area contributed by atoms with Gasteiger partial charge in [-0.05, 0) is 37.6 Å². The van der Waals surface area contributed by atoms with Gasteiger partial charge in [0.05, 0.1) is 22.4 Å². The van der Waals surface area contributed by atoms with E-state index in [2.05, 4.69) is 15.3 Å². The lowest BCUT2D eigenvalue weighted by atomic mass is 10.1. The number of benzene rings is 1. The minimum Gasteiger partial charge on any atom is -0.383 e. The smallest absolute Gasteiger partial charge is 0.383 e. The highest BCUT2D eigenvalue weighted by Crippen LogP contribution is 2.37. The predicted molar refractivity (Wildman–Crippen MR) is 107 cm³/mol. The van der Waals surface area contributed by atoms with Crippen LogP contribution in [0.3, 0.4) is 0 Å². The Morgan fingerprint density at radius 2 is 2.04 bits per heavy atom. The van der Waals surface area contributed by atoms with Gasteiger partial charge in [-0.15, -0.1) is 11.3 Å². The third-order valence-electron chi connectivity index (χ3n) is 3.93. The standard InChI is InChI=1S/C17H14ClF3N4OS2/c1-7-8(2)28-15-13(7)14(22)24-16(25-15)27-6-12(26)23-11-4-3-9(18)5-10(11)17(19,20)21/h3-5H,6H2,1-2H3,(H,23,26)(H2,22,24,25). The SMILES string of the molecule is Cc1sc2nc(SCC(=O)Nc3ccc(Cl)cc3C(F)(F)F)nc(N)c2c1C. The second-order valence-corrected chi connectivity index (χ2v) is 8.46. The highest BCUT2D eigenvalue weighted by molar-refractivity contribution is 7.99. The number of rotatable bonds is 4. The van der Waals surface area contributed by atoms with Crippen LogP contribution in [-0.4, -0.2) is 21.6 Å². The van der Waals surface area contributed by atoms with Gasteiger partial charge in [0.1, 0.15) is 10.6 Å². The molecule has 2 aromatic heterocycles. The Hall–Kier alpha value is -2.04. The van der Waals surface area contributed by atoms with E-state index in [1.807, 2.05) is 13.8 Å². The molecule has 0 spiro atoms. The molecule has 11 heteroatoms. The number of hydrogen-bond acceptors (Lipinski definition) is 6. The van der Waals surface area contributed by atoms with Crippen LogP contribution in [0.25, 0.3) is 10.2 Å². The molecule has 0 unspecified atom stereocenters. The molecule has 0 radical (unpaired) electrons. The first-order chi connectivity index (χ1) is 13.1. The Morgan fingerprint density at radius 3 is 2.71 bits per heavy atom. The third-order valence-corrected chi connectivity index (χ3v) is 6.11. The molecule has 0 aliphatic rings. The van der Waals surface area contributed by atoms with E-state index in [9.17, 15) is 18.0 Å². The second-order valence-electron chi connectivity index (χ2n) is 5.88. The van der Waals surface area contributed by atoms with Crippen molar-refractivity contribution in [2.75, 3.05) is 16.8 Å². The lowest BCUT2D eigenvalue weighted by molar-refractivity contribution is -0.137. The average molecular weight is 447 g/mol. The van der Waals surface area contributed by atoms with Gasteiger partial charge in [-0.3, -0.25) is 4.79 Å². The fourth-order valence-corrected chi connectivity index (χ4v) is 4.42. The molecule has 3 N–H and O–H groups in total. The van der Waals surface area contributed by atoms with Crippen molar-refractivity contribution in [1.29, 1.82) is 0 Å². The van der Waals surface area contributed by atoms with Gasteiger partial charge in [0.2, 0.25) is 5.91 Å². The Kier molecular flexibility index (Phi) is 5.74. The molecular weight excluding hydrogens is 433 g/mol. The van der Waals surface area contributed by atoms with Gasteiger partial charge in [-0.2, -0.15) is 13.2 Å². The predicted octanol–water partition coefficient (Wildman–Crippen LogP) is 5.29. The van der Waals surface area contributed by atoms with Crippen LogP contribution < -0.4 is 11.1 Å². The summed E-state index contributed by atoms with van der Waals surface area (Å²) in [7, 11) is 0. The number of aryl methyl sites for hydroxylation is 2. The number of nitrogens with one attached hydrogen (secondary N) is 1. The van der Waals surface area contributed by atoms with Crippen molar-refractivity contribution in [2.24, 2.45) is 0 Å². The molecule has 28 heavy (non-hydrogen) atoms. The molecule has 0 atom stereocenters. The van der Waals surface area contributed by atoms with Crippen molar-refractivity contribution < 1.29 is 18.0 Å². The van der Waals surface area contributed by atoms with E-state index < -0.39 is 17.6 Å². The molecule has 5 nitrogen and oxygen atoms in total. The number of nitrogens with zero attached hydrogens (tertiary/aromatic N) is 2. The molecule has 148 valence electrons. The molecule has 0 fully saturated rings. The van der Waals surface area contributed by atoms with Gasteiger partial charge >= 0.3 is 6.18 Å². The first kappa shape index (κ1) is 20.7. The van der Waals surface area contributed by atoms with Crippen molar-refractivity contribution in [3.8, 4) is 0 Å². The maximum atomic E-state index is 13.1. The number of nitrogen functional groups attached to an aromatic ring is 1. The zero-order valence-electron chi connectivity index (χ0n) is 14.6.